The Hall–Kier alpha value is -7.00. The van der Waals surface area contributed by atoms with Crippen LogP contribution in [0.3, 0.4) is 0 Å². The molecule has 2 aromatic heterocycles. The van der Waals surface area contributed by atoms with Crippen molar-refractivity contribution in [2.75, 3.05) is 6.61 Å². The van der Waals surface area contributed by atoms with Crippen LogP contribution in [0.5, 0.6) is 46.0 Å². The van der Waals surface area contributed by atoms with Crippen LogP contribution in [0.2, 0.25) is 0 Å². The zero-order valence-electron chi connectivity index (χ0n) is 26.5. The minimum Gasteiger partial charge on any atom is -0.504 e. The van der Waals surface area contributed by atoms with E-state index in [0.29, 0.717) is 12.1 Å². The molecule has 1 saturated heterocycles. The van der Waals surface area contributed by atoms with Crippen molar-refractivity contribution in [2.45, 2.75) is 30.7 Å². The van der Waals surface area contributed by atoms with Gasteiger partial charge in [0.1, 0.15) is 30.5 Å². The largest absolute Gasteiger partial charge is 0.504 e. The normalized spacial score (nSPS) is 21.6. The fourth-order valence-electron chi connectivity index (χ4n) is 6.88. The molecule has 278 valence electrons. The molecular formula is C34H22O20. The molecule has 8 rings (SSSR count). The van der Waals surface area contributed by atoms with Gasteiger partial charge in [-0.25, -0.2) is 19.2 Å². The Bertz CT molecular complexity index is 2760. The summed E-state index contributed by atoms with van der Waals surface area (Å²) in [4.78, 5) is 55.2. The van der Waals surface area contributed by atoms with Gasteiger partial charge in [0.25, 0.3) is 0 Å². The molecule has 4 heterocycles. The lowest BCUT2D eigenvalue weighted by atomic mass is 9.88. The van der Waals surface area contributed by atoms with Crippen molar-refractivity contribution >= 4 is 44.6 Å². The molecule has 0 unspecified atom stereocenters. The average molecular weight is 751 g/mol. The number of phenols is 8. The van der Waals surface area contributed by atoms with Crippen LogP contribution in [0.15, 0.2) is 42.7 Å². The smallest absolute Gasteiger partial charge is 0.345 e. The van der Waals surface area contributed by atoms with E-state index in [9.17, 15) is 75.3 Å². The summed E-state index contributed by atoms with van der Waals surface area (Å²) in [6, 6.07) is 3.19. The molecule has 0 aliphatic carbocycles. The number of phenolic OH excluding ortho intramolecular Hbond substituents is 8. The molecule has 0 radical (unpaired) electrons. The van der Waals surface area contributed by atoms with E-state index in [1.54, 1.807) is 0 Å². The molecule has 0 saturated carbocycles. The predicted octanol–water partition coefficient (Wildman–Crippen LogP) is 0.604. The lowest BCUT2D eigenvalue weighted by molar-refractivity contribution is -0.285. The van der Waals surface area contributed by atoms with Crippen molar-refractivity contribution in [2.24, 2.45) is 0 Å². The maximum Gasteiger partial charge on any atom is 0.345 e. The standard InChI is InChI=1S/C34H22O20/c35-9-3-7-13(22(39)20(9)37)6-1-2-11-16-15(6)32(47)54-29-18(16)19(33(48)51-11)17(24(41)25(29)42)14-8(4-10(36)21(38)23(14)40)30(45)50-5-12-28(53-31(7)46)26(43)27(44)34(49)52-12/h1-4,12,26-28,34-44,49H,5H2/t12-,26-,27-,28-,34-/m1/s1. The number of hydrogen-bond acceptors (Lipinski definition) is 20. The van der Waals surface area contributed by atoms with E-state index in [2.05, 4.69) is 0 Å². The monoisotopic (exact) mass is 750 g/mol. The maximum atomic E-state index is 13.9. The van der Waals surface area contributed by atoms with Gasteiger partial charge in [0.15, 0.2) is 46.7 Å². The molecule has 0 spiro atoms. The fourth-order valence-corrected chi connectivity index (χ4v) is 6.88. The fraction of sp³-hybridized carbons (Fsp3) is 0.176. The van der Waals surface area contributed by atoms with Crippen molar-refractivity contribution < 1.29 is 88.8 Å². The Balaban J connectivity index is 1.58. The predicted molar refractivity (Wildman–Crippen MR) is 174 cm³/mol. The first kappa shape index (κ1) is 34.1. The van der Waals surface area contributed by atoms with Crippen LogP contribution in [0.25, 0.3) is 55.0 Å². The number of fused-ring (bicyclic) bond motifs is 5. The van der Waals surface area contributed by atoms with E-state index < -0.39 is 173 Å². The highest BCUT2D eigenvalue weighted by atomic mass is 16.7. The zero-order chi connectivity index (χ0) is 38.8. The summed E-state index contributed by atoms with van der Waals surface area (Å²) in [5.41, 5.74) is -8.89. The number of carbonyl (C=O) groups excluding carboxylic acids is 2. The van der Waals surface area contributed by atoms with Crippen LogP contribution in [0.4, 0.5) is 0 Å². The topological polar surface area (TPSA) is 345 Å². The lowest BCUT2D eigenvalue weighted by Crippen LogP contribution is -2.60. The van der Waals surface area contributed by atoms with Crippen LogP contribution in [-0.4, -0.2) is 105 Å². The van der Waals surface area contributed by atoms with Crippen molar-refractivity contribution in [3.8, 4) is 68.2 Å². The number of ether oxygens (including phenoxy) is 3. The van der Waals surface area contributed by atoms with Gasteiger partial charge in [-0.2, -0.15) is 0 Å². The molecule has 5 atom stereocenters. The molecule has 20 heteroatoms. The molecule has 11 N–H and O–H groups in total. The molecule has 4 aromatic carbocycles. The summed E-state index contributed by atoms with van der Waals surface area (Å²) < 4.78 is 26.7. The summed E-state index contributed by atoms with van der Waals surface area (Å²) in [5, 5.41) is 116. The first-order valence-corrected chi connectivity index (χ1v) is 15.4. The number of esters is 2. The average Bonchev–Trinajstić information content (AvgIpc) is 3.13. The van der Waals surface area contributed by atoms with Gasteiger partial charge in [0.05, 0.1) is 21.9 Å². The van der Waals surface area contributed by atoms with Crippen LogP contribution in [-0.2, 0) is 14.2 Å². The summed E-state index contributed by atoms with van der Waals surface area (Å²) in [6.07, 6.45) is -10.4. The second-order valence-corrected chi connectivity index (χ2v) is 12.3. The van der Waals surface area contributed by atoms with Crippen LogP contribution >= 0.6 is 0 Å². The highest BCUT2D eigenvalue weighted by Crippen LogP contribution is 2.55. The molecule has 20 nitrogen and oxygen atoms in total. The molecule has 2 aliphatic heterocycles. The minimum absolute atomic E-state index is 0.416. The summed E-state index contributed by atoms with van der Waals surface area (Å²) in [7, 11) is 0. The molecule has 0 amide bonds. The number of aliphatic hydroxyl groups excluding tert-OH is 3. The van der Waals surface area contributed by atoms with E-state index in [0.717, 1.165) is 12.1 Å². The Morgan fingerprint density at radius 1 is 0.556 bits per heavy atom. The number of benzene rings is 4. The number of cyclic esters (lactones) is 1. The third-order valence-corrected chi connectivity index (χ3v) is 9.37. The zero-order valence-corrected chi connectivity index (χ0v) is 26.5. The maximum absolute atomic E-state index is 13.9. The van der Waals surface area contributed by atoms with Gasteiger partial charge in [-0.15, -0.1) is 0 Å². The SMILES string of the molecule is O=C1O[C@H]2[C@H](O)[C@@H](O)[C@H](O)O[C@@H]2COC(=O)c2cc(O)c(O)c(O)c2-c2c(O)c(O)c3oc(=O)c4c(ccc5oc(=O)c2c3c54)-c2c1cc(O)c(O)c2O. The lowest BCUT2D eigenvalue weighted by Gasteiger charge is -2.40. The Morgan fingerprint density at radius 2 is 1.15 bits per heavy atom. The van der Waals surface area contributed by atoms with Crippen molar-refractivity contribution in [3.05, 3.63) is 56.2 Å². The van der Waals surface area contributed by atoms with E-state index in [4.69, 9.17) is 23.0 Å². The van der Waals surface area contributed by atoms with Crippen molar-refractivity contribution in [1.82, 2.24) is 0 Å². The van der Waals surface area contributed by atoms with E-state index in [1.807, 2.05) is 0 Å². The number of rotatable bonds is 0. The Morgan fingerprint density at radius 3 is 1.81 bits per heavy atom. The van der Waals surface area contributed by atoms with Crippen LogP contribution in [0, 0.1) is 0 Å². The second-order valence-electron chi connectivity index (χ2n) is 12.3. The summed E-state index contributed by atoms with van der Waals surface area (Å²) in [6.45, 7) is -1.08. The Labute approximate surface area is 295 Å². The third-order valence-electron chi connectivity index (χ3n) is 9.37. The van der Waals surface area contributed by atoms with Crippen LogP contribution < -0.4 is 11.3 Å². The van der Waals surface area contributed by atoms with Gasteiger partial charge in [-0.3, -0.25) is 0 Å². The van der Waals surface area contributed by atoms with Crippen molar-refractivity contribution in [3.63, 3.8) is 0 Å². The van der Waals surface area contributed by atoms with Gasteiger partial charge < -0.3 is 79.2 Å². The second kappa shape index (κ2) is 11.5. The highest BCUT2D eigenvalue weighted by molar-refractivity contribution is 6.27. The minimum atomic E-state index is -2.19. The van der Waals surface area contributed by atoms with Crippen LogP contribution in [0.1, 0.15) is 20.7 Å². The van der Waals surface area contributed by atoms with Gasteiger partial charge in [0.2, 0.25) is 17.2 Å². The molecule has 6 bridgehead atoms. The summed E-state index contributed by atoms with van der Waals surface area (Å²) >= 11 is 0. The van der Waals surface area contributed by atoms with E-state index in [1.165, 1.54) is 0 Å². The van der Waals surface area contributed by atoms with Gasteiger partial charge in [-0.1, -0.05) is 0 Å². The first-order valence-electron chi connectivity index (χ1n) is 15.4. The van der Waals surface area contributed by atoms with E-state index >= 15 is 0 Å². The molecular weight excluding hydrogens is 728 g/mol. The Kier molecular flexibility index (Phi) is 7.26. The molecule has 54 heavy (non-hydrogen) atoms. The molecule has 6 aromatic rings. The van der Waals surface area contributed by atoms with Gasteiger partial charge >= 0.3 is 23.2 Å². The number of carbonyl (C=O) groups is 2. The van der Waals surface area contributed by atoms with Gasteiger partial charge in [-0.05, 0) is 24.3 Å². The first-order chi connectivity index (χ1) is 25.5. The van der Waals surface area contributed by atoms with Crippen molar-refractivity contribution in [1.29, 1.82) is 0 Å². The molecule has 1 fully saturated rings. The van der Waals surface area contributed by atoms with E-state index in [-0.39, 0.29) is 0 Å². The number of aliphatic hydroxyl groups is 3. The molecule has 2 aliphatic rings. The quantitative estimate of drug-likeness (QED) is 0.0438. The summed E-state index contributed by atoms with van der Waals surface area (Å²) in [5.74, 6) is -13.0. The number of aromatic hydroxyl groups is 8. The van der Waals surface area contributed by atoms with Gasteiger partial charge in [0, 0.05) is 33.0 Å². The number of hydrogen-bond donors (Lipinski definition) is 11. The highest BCUT2D eigenvalue weighted by Gasteiger charge is 2.47. The third kappa shape index (κ3) is 4.51.